The van der Waals surface area contributed by atoms with Crippen LogP contribution in [0, 0.1) is 6.92 Å². The van der Waals surface area contributed by atoms with Gasteiger partial charge in [-0.3, -0.25) is 5.10 Å². The molecule has 2 aromatic heterocycles. The van der Waals surface area contributed by atoms with Crippen molar-refractivity contribution in [2.45, 2.75) is 109 Å². The van der Waals surface area contributed by atoms with Crippen LogP contribution in [0.4, 0.5) is 0 Å². The number of nitrogens with zero attached hydrogens (tertiary/aromatic N) is 3. The molecule has 0 saturated heterocycles. The fourth-order valence-electron chi connectivity index (χ4n) is 4.50. The molecule has 206 valence electrons. The van der Waals surface area contributed by atoms with Crippen LogP contribution in [0.15, 0.2) is 29.2 Å². The zero-order chi connectivity index (χ0) is 26.9. The van der Waals surface area contributed by atoms with E-state index in [1.807, 2.05) is 20.8 Å². The van der Waals surface area contributed by atoms with Gasteiger partial charge in [0.15, 0.2) is 21.3 Å². The number of sulfone groups is 1. The SMILES string of the molecule is CCCCCCCCCCCCOc1ccc(S(=O)(=O)CCC(C)(C)c2nnc3c(Cl)c(C)[nH]n23)cc1. The molecule has 7 nitrogen and oxygen atoms in total. The van der Waals surface area contributed by atoms with Crippen molar-refractivity contribution in [2.24, 2.45) is 0 Å². The number of H-pyrrole nitrogens is 1. The number of hydrogen-bond donors (Lipinski definition) is 1. The van der Waals surface area contributed by atoms with Gasteiger partial charge in [-0.15, -0.1) is 10.2 Å². The zero-order valence-corrected chi connectivity index (χ0v) is 24.4. The van der Waals surface area contributed by atoms with Crippen LogP contribution in [-0.2, 0) is 15.3 Å². The summed E-state index contributed by atoms with van der Waals surface area (Å²) < 4.78 is 33.6. The first-order chi connectivity index (χ1) is 17.7. The Balaban J connectivity index is 1.41. The number of fused-ring (bicyclic) bond motifs is 1. The minimum Gasteiger partial charge on any atom is -0.494 e. The first-order valence-electron chi connectivity index (χ1n) is 13.7. The summed E-state index contributed by atoms with van der Waals surface area (Å²) in [5, 5.41) is 12.1. The molecule has 9 heteroatoms. The third kappa shape index (κ3) is 8.21. The molecular formula is C28H43ClN4O3S. The third-order valence-corrected chi connectivity index (χ3v) is 9.20. The Morgan fingerprint density at radius 1 is 0.946 bits per heavy atom. The average Bonchev–Trinajstić information content (AvgIpc) is 3.41. The number of nitrogens with one attached hydrogen (secondary N) is 1. The number of unbranched alkanes of at least 4 members (excludes halogenated alkanes) is 9. The van der Waals surface area contributed by atoms with Gasteiger partial charge in [0.25, 0.3) is 0 Å². The van der Waals surface area contributed by atoms with Crippen molar-refractivity contribution in [1.82, 2.24) is 19.8 Å². The van der Waals surface area contributed by atoms with Gasteiger partial charge in [-0.2, -0.15) is 0 Å². The maximum absolute atomic E-state index is 13.0. The van der Waals surface area contributed by atoms with E-state index in [0.29, 0.717) is 40.2 Å². The number of benzene rings is 1. The molecule has 0 fully saturated rings. The van der Waals surface area contributed by atoms with Gasteiger partial charge < -0.3 is 4.74 Å². The lowest BCUT2D eigenvalue weighted by Crippen LogP contribution is -2.25. The summed E-state index contributed by atoms with van der Waals surface area (Å²) in [7, 11) is -3.45. The zero-order valence-electron chi connectivity index (χ0n) is 22.9. The van der Waals surface area contributed by atoms with Crippen molar-refractivity contribution in [3.8, 4) is 5.75 Å². The molecular weight excluding hydrogens is 508 g/mol. The lowest BCUT2D eigenvalue weighted by atomic mass is 9.89. The Labute approximate surface area is 227 Å². The van der Waals surface area contributed by atoms with Crippen LogP contribution in [0.25, 0.3) is 5.65 Å². The predicted octanol–water partition coefficient (Wildman–Crippen LogP) is 7.46. The van der Waals surface area contributed by atoms with E-state index in [9.17, 15) is 8.42 Å². The number of rotatable bonds is 17. The Bertz CT molecular complexity index is 1220. The van der Waals surface area contributed by atoms with Gasteiger partial charge in [0.2, 0.25) is 0 Å². The smallest absolute Gasteiger partial charge is 0.196 e. The van der Waals surface area contributed by atoms with Gasteiger partial charge in [0.1, 0.15) is 10.8 Å². The number of aromatic amines is 1. The molecule has 2 heterocycles. The van der Waals surface area contributed by atoms with Gasteiger partial charge >= 0.3 is 0 Å². The maximum atomic E-state index is 13.0. The van der Waals surface area contributed by atoms with E-state index in [1.54, 1.807) is 28.8 Å². The molecule has 1 aromatic carbocycles. The van der Waals surface area contributed by atoms with Gasteiger partial charge in [-0.1, -0.05) is 90.2 Å². The maximum Gasteiger partial charge on any atom is 0.196 e. The molecule has 1 N–H and O–H groups in total. The standard InChI is InChI=1S/C28H43ClN4O3S/c1-5-6-7-8-9-10-11-12-13-14-20-36-23-15-17-24(18-16-23)37(34,35)21-19-28(3,4)27-31-30-26-25(29)22(2)32-33(26)27/h15-18,32H,5-14,19-21H2,1-4H3. The largest absolute Gasteiger partial charge is 0.494 e. The van der Waals surface area contributed by atoms with E-state index in [0.717, 1.165) is 12.1 Å². The van der Waals surface area contributed by atoms with E-state index in [4.69, 9.17) is 16.3 Å². The van der Waals surface area contributed by atoms with Gasteiger partial charge in [-0.05, 0) is 44.0 Å². The molecule has 0 aliphatic carbocycles. The highest BCUT2D eigenvalue weighted by atomic mass is 35.5. The molecule has 37 heavy (non-hydrogen) atoms. The molecule has 0 unspecified atom stereocenters. The molecule has 3 rings (SSSR count). The minimum atomic E-state index is -3.45. The second kappa shape index (κ2) is 13.7. The Kier molecular flexibility index (Phi) is 10.9. The third-order valence-electron chi connectivity index (χ3n) is 7.02. The molecule has 3 aromatic rings. The van der Waals surface area contributed by atoms with E-state index in [2.05, 4.69) is 22.2 Å². The van der Waals surface area contributed by atoms with E-state index in [-0.39, 0.29) is 5.75 Å². The van der Waals surface area contributed by atoms with Crippen molar-refractivity contribution in [3.05, 3.63) is 40.8 Å². The van der Waals surface area contributed by atoms with Crippen LogP contribution >= 0.6 is 11.6 Å². The molecule has 0 amide bonds. The van der Waals surface area contributed by atoms with Crippen molar-refractivity contribution in [2.75, 3.05) is 12.4 Å². The number of ether oxygens (including phenoxy) is 1. The van der Waals surface area contributed by atoms with Crippen LogP contribution in [0.2, 0.25) is 5.02 Å². The van der Waals surface area contributed by atoms with Crippen molar-refractivity contribution in [3.63, 3.8) is 0 Å². The summed E-state index contributed by atoms with van der Waals surface area (Å²) in [5.41, 5.74) is 0.829. The fourth-order valence-corrected chi connectivity index (χ4v) is 6.23. The van der Waals surface area contributed by atoms with Gasteiger partial charge in [-0.25, -0.2) is 12.9 Å². The summed E-state index contributed by atoms with van der Waals surface area (Å²) in [4.78, 5) is 0.305. The van der Waals surface area contributed by atoms with E-state index in [1.165, 1.54) is 57.8 Å². The highest BCUT2D eigenvalue weighted by Crippen LogP contribution is 2.30. The molecule has 0 atom stereocenters. The summed E-state index contributed by atoms with van der Waals surface area (Å²) in [5.74, 6) is 1.37. The highest BCUT2D eigenvalue weighted by molar-refractivity contribution is 7.91. The lowest BCUT2D eigenvalue weighted by molar-refractivity contribution is 0.304. The van der Waals surface area contributed by atoms with Crippen LogP contribution in [0.3, 0.4) is 0 Å². The second-order valence-electron chi connectivity index (χ2n) is 10.7. The fraction of sp³-hybridized carbons (Fsp3) is 0.643. The molecule has 0 spiro atoms. The lowest BCUT2D eigenvalue weighted by Gasteiger charge is -2.22. The molecule has 0 radical (unpaired) electrons. The predicted molar refractivity (Wildman–Crippen MR) is 151 cm³/mol. The summed E-state index contributed by atoms with van der Waals surface area (Å²) in [6, 6.07) is 6.78. The van der Waals surface area contributed by atoms with Crippen molar-refractivity contribution in [1.29, 1.82) is 0 Å². The normalized spacial score (nSPS) is 12.5. The molecule has 0 bridgehead atoms. The topological polar surface area (TPSA) is 89.3 Å². The monoisotopic (exact) mass is 550 g/mol. The molecule has 0 aliphatic rings. The second-order valence-corrected chi connectivity index (χ2v) is 13.2. The highest BCUT2D eigenvalue weighted by Gasteiger charge is 2.31. The number of hydrogen-bond acceptors (Lipinski definition) is 5. The summed E-state index contributed by atoms with van der Waals surface area (Å²) in [6.07, 6.45) is 13.2. The molecule has 0 aliphatic heterocycles. The number of aromatic nitrogens is 4. The summed E-state index contributed by atoms with van der Waals surface area (Å²) >= 11 is 6.27. The summed E-state index contributed by atoms with van der Waals surface area (Å²) in [6.45, 7) is 8.71. The van der Waals surface area contributed by atoms with Crippen molar-refractivity contribution < 1.29 is 13.2 Å². The van der Waals surface area contributed by atoms with E-state index < -0.39 is 15.3 Å². The van der Waals surface area contributed by atoms with Crippen LogP contribution in [0.5, 0.6) is 5.75 Å². The first-order valence-corrected chi connectivity index (χ1v) is 15.7. The Morgan fingerprint density at radius 3 is 2.16 bits per heavy atom. The minimum absolute atomic E-state index is 0.00113. The number of halogens is 1. The van der Waals surface area contributed by atoms with Gasteiger partial charge in [0.05, 0.1) is 22.9 Å². The molecule has 0 saturated carbocycles. The van der Waals surface area contributed by atoms with Gasteiger partial charge in [0, 0.05) is 5.41 Å². The van der Waals surface area contributed by atoms with Crippen LogP contribution < -0.4 is 4.74 Å². The Hall–Kier alpha value is -2.06. The first kappa shape index (κ1) is 29.5. The van der Waals surface area contributed by atoms with Crippen LogP contribution in [0.1, 0.15) is 103 Å². The van der Waals surface area contributed by atoms with Crippen LogP contribution in [-0.4, -0.2) is 40.6 Å². The number of aryl methyl sites for hydroxylation is 1. The Morgan fingerprint density at radius 2 is 1.54 bits per heavy atom. The average molecular weight is 551 g/mol. The van der Waals surface area contributed by atoms with E-state index >= 15 is 0 Å². The quantitative estimate of drug-likeness (QED) is 0.176. The van der Waals surface area contributed by atoms with Crippen molar-refractivity contribution >= 4 is 27.1 Å².